The molecule has 1 heterocycles. The van der Waals surface area contributed by atoms with Crippen LogP contribution in [0.5, 0.6) is 11.5 Å². The number of hydrogen-bond acceptors (Lipinski definition) is 9. The molecule has 1 atom stereocenters. The van der Waals surface area contributed by atoms with Crippen LogP contribution in [0.3, 0.4) is 0 Å². The van der Waals surface area contributed by atoms with Gasteiger partial charge in [-0.1, -0.05) is 25.1 Å². The van der Waals surface area contributed by atoms with E-state index in [1.165, 1.54) is 17.6 Å². The number of nitrogens with one attached hydrogen (secondary N) is 2. The highest BCUT2D eigenvalue weighted by Crippen LogP contribution is 2.40. The van der Waals surface area contributed by atoms with E-state index < -0.39 is 23.8 Å². The quantitative estimate of drug-likeness (QED) is 0.123. The number of carbonyl (C=O) groups excluding carboxylic acids is 4. The summed E-state index contributed by atoms with van der Waals surface area (Å²) >= 11 is 1.30. The highest BCUT2D eigenvalue weighted by molar-refractivity contribution is 7.17. The van der Waals surface area contributed by atoms with Crippen molar-refractivity contribution in [2.24, 2.45) is 11.0 Å². The van der Waals surface area contributed by atoms with Gasteiger partial charge in [-0.3, -0.25) is 9.59 Å². The van der Waals surface area contributed by atoms with Crippen molar-refractivity contribution in [3.05, 3.63) is 75.7 Å². The molecule has 1 aromatic heterocycles. The Morgan fingerprint density at radius 2 is 1.78 bits per heavy atom. The first-order valence-corrected chi connectivity index (χ1v) is 14.1. The molecule has 3 aromatic rings. The van der Waals surface area contributed by atoms with Crippen molar-refractivity contribution in [3.8, 4) is 11.5 Å². The van der Waals surface area contributed by atoms with Crippen molar-refractivity contribution >= 4 is 46.3 Å². The molecule has 2 N–H and O–H groups in total. The number of fused-ring (bicyclic) bond motifs is 1. The molecule has 1 aliphatic rings. The molecular formula is C30H31N3O7S. The number of anilines is 1. The van der Waals surface area contributed by atoms with Gasteiger partial charge in [0.05, 0.1) is 30.6 Å². The minimum absolute atomic E-state index is 0.198. The van der Waals surface area contributed by atoms with E-state index in [1.807, 2.05) is 0 Å². The molecule has 0 radical (unpaired) electrons. The SMILES string of the molecule is CCOC(=O)c1c(NC(=O)C(=O)NN=Cc2ccc(OC(=O)c3ccccc3)c(OCC)c2)sc2c1CCC(C)C2. The number of hydrazone groups is 1. The summed E-state index contributed by atoms with van der Waals surface area (Å²) in [6, 6.07) is 13.3. The van der Waals surface area contributed by atoms with Gasteiger partial charge in [0.1, 0.15) is 5.00 Å². The van der Waals surface area contributed by atoms with E-state index in [-0.39, 0.29) is 12.4 Å². The third-order valence-electron chi connectivity index (χ3n) is 6.28. The van der Waals surface area contributed by atoms with Gasteiger partial charge in [0.15, 0.2) is 11.5 Å². The summed E-state index contributed by atoms with van der Waals surface area (Å²) in [5, 5.41) is 6.73. The minimum Gasteiger partial charge on any atom is -0.490 e. The number of rotatable bonds is 9. The Balaban J connectivity index is 1.42. The van der Waals surface area contributed by atoms with Gasteiger partial charge in [0.25, 0.3) is 0 Å². The molecule has 0 fully saturated rings. The Bertz CT molecular complexity index is 1470. The zero-order chi connectivity index (χ0) is 29.4. The van der Waals surface area contributed by atoms with E-state index >= 15 is 0 Å². The van der Waals surface area contributed by atoms with Gasteiger partial charge in [0, 0.05) is 4.88 Å². The number of ether oxygens (including phenoxy) is 3. The molecule has 4 rings (SSSR count). The van der Waals surface area contributed by atoms with E-state index in [1.54, 1.807) is 62.4 Å². The molecule has 10 nitrogen and oxygen atoms in total. The fourth-order valence-corrected chi connectivity index (χ4v) is 5.72. The lowest BCUT2D eigenvalue weighted by Gasteiger charge is -2.18. The molecule has 11 heteroatoms. The molecule has 0 aliphatic heterocycles. The van der Waals surface area contributed by atoms with Crippen LogP contribution < -0.4 is 20.2 Å². The minimum atomic E-state index is -1.01. The standard InChI is InChI=1S/C30H31N3O7S/c1-4-38-23-16-19(12-14-22(23)40-29(36)20-9-7-6-8-10-20)17-31-33-27(35)26(34)32-28-25(30(37)39-5-2)21-13-11-18(3)15-24(21)41-28/h6-10,12,14,16-18H,4-5,11,13,15H2,1-3H3,(H,32,34)(H,33,35). The fourth-order valence-electron chi connectivity index (χ4n) is 4.32. The Morgan fingerprint density at radius 3 is 2.51 bits per heavy atom. The fraction of sp³-hybridized carbons (Fsp3) is 0.300. The van der Waals surface area contributed by atoms with Gasteiger partial charge in [-0.2, -0.15) is 5.10 Å². The van der Waals surface area contributed by atoms with Crippen LogP contribution in [0.1, 0.15) is 63.9 Å². The predicted molar refractivity (Wildman–Crippen MR) is 155 cm³/mol. The van der Waals surface area contributed by atoms with Crippen molar-refractivity contribution in [1.29, 1.82) is 0 Å². The number of carbonyl (C=O) groups is 4. The molecular weight excluding hydrogens is 546 g/mol. The van der Waals surface area contributed by atoms with Gasteiger partial charge >= 0.3 is 23.8 Å². The van der Waals surface area contributed by atoms with Crippen LogP contribution in [0, 0.1) is 5.92 Å². The van der Waals surface area contributed by atoms with Gasteiger partial charge in [-0.15, -0.1) is 11.3 Å². The monoisotopic (exact) mass is 577 g/mol. The summed E-state index contributed by atoms with van der Waals surface area (Å²) in [5.74, 6) is -2.01. The molecule has 1 unspecified atom stereocenters. The van der Waals surface area contributed by atoms with Crippen molar-refractivity contribution in [3.63, 3.8) is 0 Å². The number of thiophene rings is 1. The Morgan fingerprint density at radius 1 is 1.00 bits per heavy atom. The van der Waals surface area contributed by atoms with Crippen LogP contribution in [0.25, 0.3) is 0 Å². The summed E-state index contributed by atoms with van der Waals surface area (Å²) in [6.07, 6.45) is 3.76. The van der Waals surface area contributed by atoms with Crippen LogP contribution in [-0.4, -0.2) is 43.2 Å². The van der Waals surface area contributed by atoms with Gasteiger partial charge in [0.2, 0.25) is 0 Å². The molecule has 0 bridgehead atoms. The second-order valence-electron chi connectivity index (χ2n) is 9.32. The lowest BCUT2D eigenvalue weighted by Crippen LogP contribution is -2.32. The van der Waals surface area contributed by atoms with Crippen LogP contribution >= 0.6 is 11.3 Å². The summed E-state index contributed by atoms with van der Waals surface area (Å²) in [6.45, 7) is 6.17. The highest BCUT2D eigenvalue weighted by atomic mass is 32.1. The number of benzene rings is 2. The van der Waals surface area contributed by atoms with E-state index in [0.717, 1.165) is 23.3 Å². The van der Waals surface area contributed by atoms with Crippen molar-refractivity contribution in [1.82, 2.24) is 5.43 Å². The maximum absolute atomic E-state index is 12.7. The first-order valence-electron chi connectivity index (χ1n) is 13.3. The highest BCUT2D eigenvalue weighted by Gasteiger charge is 2.30. The summed E-state index contributed by atoms with van der Waals surface area (Å²) in [5.41, 5.74) is 4.31. The average Bonchev–Trinajstić information content (AvgIpc) is 3.31. The summed E-state index contributed by atoms with van der Waals surface area (Å²) in [4.78, 5) is 51.3. The van der Waals surface area contributed by atoms with Gasteiger partial charge in [-0.25, -0.2) is 15.0 Å². The first-order chi connectivity index (χ1) is 19.8. The van der Waals surface area contributed by atoms with Crippen molar-refractivity contribution in [2.75, 3.05) is 18.5 Å². The molecule has 41 heavy (non-hydrogen) atoms. The third-order valence-corrected chi connectivity index (χ3v) is 7.45. The van der Waals surface area contributed by atoms with Crippen LogP contribution in [-0.2, 0) is 27.2 Å². The average molecular weight is 578 g/mol. The van der Waals surface area contributed by atoms with Crippen LogP contribution in [0.4, 0.5) is 5.00 Å². The zero-order valence-electron chi connectivity index (χ0n) is 23.0. The lowest BCUT2D eigenvalue weighted by molar-refractivity contribution is -0.136. The largest absolute Gasteiger partial charge is 0.490 e. The molecule has 2 amide bonds. The predicted octanol–water partition coefficient (Wildman–Crippen LogP) is 4.76. The smallest absolute Gasteiger partial charge is 0.343 e. The molecule has 0 spiro atoms. The van der Waals surface area contributed by atoms with E-state index in [9.17, 15) is 19.2 Å². The molecule has 214 valence electrons. The Hall–Kier alpha value is -4.51. The van der Waals surface area contributed by atoms with E-state index in [4.69, 9.17) is 14.2 Å². The number of nitrogens with zero attached hydrogens (tertiary/aromatic N) is 1. The van der Waals surface area contributed by atoms with E-state index in [0.29, 0.717) is 46.4 Å². The molecule has 0 saturated carbocycles. The third kappa shape index (κ3) is 7.37. The maximum atomic E-state index is 12.7. The van der Waals surface area contributed by atoms with Crippen LogP contribution in [0.2, 0.25) is 0 Å². The van der Waals surface area contributed by atoms with Gasteiger partial charge < -0.3 is 19.5 Å². The zero-order valence-corrected chi connectivity index (χ0v) is 23.8. The maximum Gasteiger partial charge on any atom is 0.343 e. The second kappa shape index (κ2) is 13.7. The van der Waals surface area contributed by atoms with Crippen LogP contribution in [0.15, 0.2) is 53.6 Å². The topological polar surface area (TPSA) is 132 Å². The Kier molecular flexibility index (Phi) is 9.86. The Labute approximate surface area is 241 Å². The normalized spacial score (nSPS) is 14.2. The second-order valence-corrected chi connectivity index (χ2v) is 10.4. The summed E-state index contributed by atoms with van der Waals surface area (Å²) in [7, 11) is 0. The van der Waals surface area contributed by atoms with Crippen molar-refractivity contribution < 1.29 is 33.4 Å². The lowest BCUT2D eigenvalue weighted by atomic mass is 9.88. The van der Waals surface area contributed by atoms with Gasteiger partial charge in [-0.05, 0) is 80.5 Å². The number of hydrogen-bond donors (Lipinski definition) is 2. The summed E-state index contributed by atoms with van der Waals surface area (Å²) < 4.78 is 16.3. The molecule has 1 aliphatic carbocycles. The van der Waals surface area contributed by atoms with E-state index in [2.05, 4.69) is 22.8 Å². The molecule has 0 saturated heterocycles. The number of esters is 2. The number of amides is 2. The van der Waals surface area contributed by atoms with Crippen molar-refractivity contribution in [2.45, 2.75) is 40.0 Å². The molecule has 2 aromatic carbocycles. The first kappa shape index (κ1) is 29.5.